The first kappa shape index (κ1) is 28.5. The van der Waals surface area contributed by atoms with Gasteiger partial charge in [0, 0.05) is 18.1 Å². The molecule has 0 aliphatic rings. The molecule has 2 aromatic rings. The summed E-state index contributed by atoms with van der Waals surface area (Å²) in [4.78, 5) is 27.4. The maximum atomic E-state index is 13.4. The lowest BCUT2D eigenvalue weighted by Gasteiger charge is -2.31. The molecule has 0 fully saturated rings. The SMILES string of the molecule is CCCNC(=O)[C@@H](C)N(Cc1ccc(Cl)c(Cl)c1)C(=O)CN(c1ccc(Cl)cc1Cl)S(C)(=O)=O. The summed E-state index contributed by atoms with van der Waals surface area (Å²) in [5.41, 5.74) is 0.716. The third kappa shape index (κ3) is 7.65. The van der Waals surface area contributed by atoms with E-state index in [1.165, 1.54) is 23.1 Å². The second-order valence-corrected chi connectivity index (χ2v) is 11.2. The molecule has 1 N–H and O–H groups in total. The van der Waals surface area contributed by atoms with Crippen molar-refractivity contribution in [3.05, 3.63) is 62.1 Å². The van der Waals surface area contributed by atoms with Gasteiger partial charge in [-0.2, -0.15) is 0 Å². The monoisotopic (exact) mass is 567 g/mol. The first-order valence-electron chi connectivity index (χ1n) is 10.3. The Morgan fingerprint density at radius 1 is 1.00 bits per heavy atom. The highest BCUT2D eigenvalue weighted by Gasteiger charge is 2.30. The van der Waals surface area contributed by atoms with Gasteiger partial charge in [-0.05, 0) is 49.2 Å². The van der Waals surface area contributed by atoms with Crippen LogP contribution in [-0.4, -0.2) is 50.5 Å². The van der Waals surface area contributed by atoms with E-state index in [4.69, 9.17) is 46.4 Å². The Labute approximate surface area is 220 Å². The van der Waals surface area contributed by atoms with E-state index in [0.717, 1.165) is 17.0 Å². The van der Waals surface area contributed by atoms with Crippen molar-refractivity contribution < 1.29 is 18.0 Å². The third-order valence-corrected chi connectivity index (χ3v) is 7.31. The highest BCUT2D eigenvalue weighted by atomic mass is 35.5. The summed E-state index contributed by atoms with van der Waals surface area (Å²) in [6.45, 7) is 3.34. The summed E-state index contributed by atoms with van der Waals surface area (Å²) >= 11 is 24.3. The molecule has 0 aliphatic carbocycles. The molecule has 0 saturated carbocycles. The molecule has 2 rings (SSSR count). The molecule has 0 heterocycles. The average Bonchev–Trinajstić information content (AvgIpc) is 2.75. The van der Waals surface area contributed by atoms with E-state index in [2.05, 4.69) is 5.32 Å². The zero-order chi connectivity index (χ0) is 25.6. The summed E-state index contributed by atoms with van der Waals surface area (Å²) in [6, 6.07) is 8.23. The van der Waals surface area contributed by atoms with Crippen molar-refractivity contribution in [1.82, 2.24) is 10.2 Å². The summed E-state index contributed by atoms with van der Waals surface area (Å²) in [5, 5.41) is 3.77. The van der Waals surface area contributed by atoms with Crippen LogP contribution in [0.2, 0.25) is 20.1 Å². The molecule has 0 aliphatic heterocycles. The number of rotatable bonds is 10. The van der Waals surface area contributed by atoms with Gasteiger partial charge in [-0.1, -0.05) is 59.4 Å². The number of hydrogen-bond acceptors (Lipinski definition) is 4. The quantitative estimate of drug-likeness (QED) is 0.436. The van der Waals surface area contributed by atoms with E-state index in [9.17, 15) is 18.0 Å². The van der Waals surface area contributed by atoms with Crippen molar-refractivity contribution in [2.24, 2.45) is 0 Å². The summed E-state index contributed by atoms with van der Waals surface area (Å²) in [6.07, 6.45) is 1.68. The van der Waals surface area contributed by atoms with Crippen LogP contribution in [0.15, 0.2) is 36.4 Å². The van der Waals surface area contributed by atoms with E-state index >= 15 is 0 Å². The molecule has 1 atom stereocenters. The molecule has 0 saturated heterocycles. The van der Waals surface area contributed by atoms with E-state index in [0.29, 0.717) is 27.2 Å². The Kier molecular flexibility index (Phi) is 10.3. The van der Waals surface area contributed by atoms with E-state index in [1.54, 1.807) is 25.1 Å². The molecule has 0 aromatic heterocycles. The van der Waals surface area contributed by atoms with Crippen molar-refractivity contribution >= 4 is 73.9 Å². The van der Waals surface area contributed by atoms with Crippen LogP contribution in [0.25, 0.3) is 0 Å². The van der Waals surface area contributed by atoms with Gasteiger partial charge in [-0.3, -0.25) is 13.9 Å². The molecule has 186 valence electrons. The van der Waals surface area contributed by atoms with Crippen molar-refractivity contribution in [2.45, 2.75) is 32.9 Å². The molecule has 12 heteroatoms. The third-order valence-electron chi connectivity index (χ3n) is 4.91. The summed E-state index contributed by atoms with van der Waals surface area (Å²) < 4.78 is 26.0. The largest absolute Gasteiger partial charge is 0.354 e. The summed E-state index contributed by atoms with van der Waals surface area (Å²) in [5.74, 6) is -0.979. The minimum atomic E-state index is -3.91. The zero-order valence-electron chi connectivity index (χ0n) is 18.8. The number of anilines is 1. The number of amides is 2. The van der Waals surface area contributed by atoms with Crippen LogP contribution in [0.4, 0.5) is 5.69 Å². The molecule has 2 amide bonds. The van der Waals surface area contributed by atoms with Crippen molar-refractivity contribution in [2.75, 3.05) is 23.7 Å². The number of benzene rings is 2. The zero-order valence-corrected chi connectivity index (χ0v) is 22.7. The van der Waals surface area contributed by atoms with Gasteiger partial charge in [0.25, 0.3) is 0 Å². The van der Waals surface area contributed by atoms with Crippen LogP contribution in [0.3, 0.4) is 0 Å². The van der Waals surface area contributed by atoms with Crippen LogP contribution >= 0.6 is 46.4 Å². The highest BCUT2D eigenvalue weighted by molar-refractivity contribution is 7.92. The molecule has 0 spiro atoms. The Bertz CT molecular complexity index is 1160. The van der Waals surface area contributed by atoms with Crippen LogP contribution in [0, 0.1) is 0 Å². The van der Waals surface area contributed by atoms with Crippen molar-refractivity contribution in [1.29, 1.82) is 0 Å². The van der Waals surface area contributed by atoms with Gasteiger partial charge < -0.3 is 10.2 Å². The van der Waals surface area contributed by atoms with Gasteiger partial charge in [-0.25, -0.2) is 8.42 Å². The van der Waals surface area contributed by atoms with Crippen LogP contribution < -0.4 is 9.62 Å². The number of halogens is 4. The lowest BCUT2D eigenvalue weighted by molar-refractivity contribution is -0.139. The minimum Gasteiger partial charge on any atom is -0.354 e. The Balaban J connectivity index is 2.42. The summed E-state index contributed by atoms with van der Waals surface area (Å²) in [7, 11) is -3.91. The number of nitrogens with one attached hydrogen (secondary N) is 1. The predicted octanol–water partition coefficient (Wildman–Crippen LogP) is 5.01. The molecule has 7 nitrogen and oxygen atoms in total. The molecule has 2 aromatic carbocycles. The first-order valence-corrected chi connectivity index (χ1v) is 13.6. The number of sulfonamides is 1. The van der Waals surface area contributed by atoms with Gasteiger partial charge >= 0.3 is 0 Å². The first-order chi connectivity index (χ1) is 15.8. The van der Waals surface area contributed by atoms with Gasteiger partial charge in [-0.15, -0.1) is 0 Å². The molecular weight excluding hydrogens is 544 g/mol. The maximum absolute atomic E-state index is 13.4. The lowest BCUT2D eigenvalue weighted by Crippen LogP contribution is -2.51. The van der Waals surface area contributed by atoms with Crippen LogP contribution in [-0.2, 0) is 26.2 Å². The predicted molar refractivity (Wildman–Crippen MR) is 138 cm³/mol. The molecule has 0 radical (unpaired) electrons. The molecule has 0 bridgehead atoms. The maximum Gasteiger partial charge on any atom is 0.244 e. The topological polar surface area (TPSA) is 86.8 Å². The lowest BCUT2D eigenvalue weighted by atomic mass is 10.1. The Morgan fingerprint density at radius 3 is 2.24 bits per heavy atom. The van der Waals surface area contributed by atoms with Crippen LogP contribution in [0.5, 0.6) is 0 Å². The van der Waals surface area contributed by atoms with E-state index in [-0.39, 0.29) is 23.2 Å². The van der Waals surface area contributed by atoms with E-state index in [1.807, 2.05) is 6.92 Å². The van der Waals surface area contributed by atoms with Gasteiger partial charge in [0.05, 0.1) is 27.0 Å². The molecule has 0 unspecified atom stereocenters. The molecular formula is C22H25Cl4N3O4S. The van der Waals surface area contributed by atoms with Crippen molar-refractivity contribution in [3.63, 3.8) is 0 Å². The van der Waals surface area contributed by atoms with Gasteiger partial charge in [0.2, 0.25) is 21.8 Å². The second-order valence-electron chi connectivity index (χ2n) is 7.60. The minimum absolute atomic E-state index is 0.00237. The number of nitrogens with zero attached hydrogens (tertiary/aromatic N) is 2. The van der Waals surface area contributed by atoms with Gasteiger partial charge in [0.1, 0.15) is 12.6 Å². The van der Waals surface area contributed by atoms with Crippen LogP contribution in [0.1, 0.15) is 25.8 Å². The number of carbonyl (C=O) groups is 2. The van der Waals surface area contributed by atoms with Crippen molar-refractivity contribution in [3.8, 4) is 0 Å². The smallest absolute Gasteiger partial charge is 0.244 e. The Morgan fingerprint density at radius 2 is 1.68 bits per heavy atom. The number of carbonyl (C=O) groups excluding carboxylic acids is 2. The standard InChI is InChI=1S/C22H25Cl4N3O4S/c1-4-9-27-22(31)14(2)28(12-15-5-7-17(24)18(25)10-15)21(30)13-29(34(3,32)33)20-8-6-16(23)11-19(20)26/h5-8,10-11,14H,4,9,12-13H2,1-3H3,(H,27,31)/t14-/m1/s1. The highest BCUT2D eigenvalue weighted by Crippen LogP contribution is 2.31. The average molecular weight is 569 g/mol. The fraction of sp³-hybridized carbons (Fsp3) is 0.364. The molecule has 34 heavy (non-hydrogen) atoms. The normalized spacial score (nSPS) is 12.2. The number of hydrogen-bond donors (Lipinski definition) is 1. The van der Waals surface area contributed by atoms with E-state index < -0.39 is 28.5 Å². The Hall–Kier alpha value is -1.71. The van der Waals surface area contributed by atoms with Gasteiger partial charge in [0.15, 0.2) is 0 Å². The fourth-order valence-corrected chi connectivity index (χ4v) is 4.83. The fourth-order valence-electron chi connectivity index (χ4n) is 3.09. The second kappa shape index (κ2) is 12.3.